The number of hydrogen-bond donors (Lipinski definition) is 1. The Morgan fingerprint density at radius 1 is 0.974 bits per heavy atom. The summed E-state index contributed by atoms with van der Waals surface area (Å²) in [5.41, 5.74) is 1.05. The molecule has 3 aromatic rings. The van der Waals surface area contributed by atoms with Crippen LogP contribution < -0.4 is 14.4 Å². The van der Waals surface area contributed by atoms with Crippen molar-refractivity contribution in [2.45, 2.75) is 50.7 Å². The average molecular weight is 572 g/mol. The number of nitrogens with one attached hydrogen (secondary N) is 1. The molecule has 0 aliphatic rings. The molecule has 39 heavy (non-hydrogen) atoms. The lowest BCUT2D eigenvalue weighted by Crippen LogP contribution is -2.52. The fourth-order valence-electron chi connectivity index (χ4n) is 3.87. The molecule has 0 aliphatic carbocycles. The molecule has 3 rings (SSSR count). The van der Waals surface area contributed by atoms with Crippen molar-refractivity contribution in [3.05, 3.63) is 89.4 Å². The van der Waals surface area contributed by atoms with Gasteiger partial charge in [0.1, 0.15) is 18.3 Å². The molecule has 1 N–H and O–H groups in total. The van der Waals surface area contributed by atoms with Crippen molar-refractivity contribution in [3.63, 3.8) is 0 Å². The predicted molar refractivity (Wildman–Crippen MR) is 153 cm³/mol. The van der Waals surface area contributed by atoms with Crippen molar-refractivity contribution in [2.24, 2.45) is 0 Å². The molecule has 0 heterocycles. The zero-order valence-electron chi connectivity index (χ0n) is 22.5. The van der Waals surface area contributed by atoms with E-state index in [0.29, 0.717) is 16.5 Å². The number of carbonyl (C=O) groups excluding carboxylic acids is 2. The number of hydrogen-bond acceptors (Lipinski definition) is 5. The van der Waals surface area contributed by atoms with Crippen LogP contribution in [0.3, 0.4) is 0 Å². The van der Waals surface area contributed by atoms with Crippen LogP contribution in [-0.4, -0.2) is 50.9 Å². The highest BCUT2D eigenvalue weighted by Gasteiger charge is 2.32. The van der Waals surface area contributed by atoms with Gasteiger partial charge in [0, 0.05) is 17.6 Å². The molecule has 208 valence electrons. The van der Waals surface area contributed by atoms with Gasteiger partial charge < -0.3 is 15.0 Å². The van der Waals surface area contributed by atoms with Gasteiger partial charge in [0.25, 0.3) is 10.0 Å². The minimum atomic E-state index is -4.15. The number of rotatable bonds is 12. The van der Waals surface area contributed by atoms with Gasteiger partial charge in [-0.15, -0.1) is 0 Å². The second-order valence-corrected chi connectivity index (χ2v) is 11.5. The fourth-order valence-corrected chi connectivity index (χ4v) is 5.41. The summed E-state index contributed by atoms with van der Waals surface area (Å²) in [4.78, 5) is 28.4. The number of amides is 2. The Morgan fingerprint density at radius 3 is 2.26 bits per heavy atom. The molecule has 3 aromatic carbocycles. The number of carbonyl (C=O) groups is 2. The van der Waals surface area contributed by atoms with Crippen molar-refractivity contribution in [1.82, 2.24) is 10.2 Å². The quantitative estimate of drug-likeness (QED) is 0.334. The number of anilines is 1. The van der Waals surface area contributed by atoms with Crippen LogP contribution in [0.5, 0.6) is 5.75 Å². The molecule has 10 heteroatoms. The maximum atomic E-state index is 13.9. The maximum Gasteiger partial charge on any atom is 0.264 e. The van der Waals surface area contributed by atoms with Crippen molar-refractivity contribution in [3.8, 4) is 5.75 Å². The van der Waals surface area contributed by atoms with E-state index in [2.05, 4.69) is 5.32 Å². The molecule has 8 nitrogen and oxygen atoms in total. The van der Waals surface area contributed by atoms with E-state index >= 15 is 0 Å². The van der Waals surface area contributed by atoms with E-state index in [4.69, 9.17) is 16.3 Å². The number of nitrogens with zero attached hydrogens (tertiary/aromatic N) is 2. The van der Waals surface area contributed by atoms with E-state index in [1.807, 2.05) is 19.9 Å². The Hall–Kier alpha value is -3.56. The standard InChI is InChI=1S/C29H34ClN3O5S/c1-5-21(2)31-29(35)22(3)32(19-23-10-9-13-26(18-23)38-4)28(34)20-33(25-11-7-6-8-12-25)39(36,37)27-16-14-24(30)15-17-27/h6-18,21-22H,5,19-20H2,1-4H3,(H,31,35)/t21-,22+/m0/s1. The van der Waals surface area contributed by atoms with E-state index in [1.165, 1.54) is 29.2 Å². The highest BCUT2D eigenvalue weighted by Crippen LogP contribution is 2.25. The fraction of sp³-hybridized carbons (Fsp3) is 0.310. The Bertz CT molecular complexity index is 1370. The topological polar surface area (TPSA) is 96.0 Å². The molecular weight excluding hydrogens is 538 g/mol. The van der Waals surface area contributed by atoms with Crippen LogP contribution in [-0.2, 0) is 26.2 Å². The SMILES string of the molecule is CC[C@H](C)NC(=O)[C@@H](C)N(Cc1cccc(OC)c1)C(=O)CN(c1ccccc1)S(=O)(=O)c1ccc(Cl)cc1. The number of halogens is 1. The van der Waals surface area contributed by atoms with Crippen molar-refractivity contribution < 1.29 is 22.7 Å². The minimum absolute atomic E-state index is 0.00883. The van der Waals surface area contributed by atoms with Crippen LogP contribution in [0.2, 0.25) is 5.02 Å². The van der Waals surface area contributed by atoms with Crippen LogP contribution in [0.4, 0.5) is 5.69 Å². The van der Waals surface area contributed by atoms with Gasteiger partial charge in [0.15, 0.2) is 0 Å². The summed E-state index contributed by atoms with van der Waals surface area (Å²) in [7, 11) is -2.60. The smallest absolute Gasteiger partial charge is 0.264 e. The van der Waals surface area contributed by atoms with Crippen LogP contribution in [0, 0.1) is 0 Å². The van der Waals surface area contributed by atoms with E-state index in [9.17, 15) is 18.0 Å². The summed E-state index contributed by atoms with van der Waals surface area (Å²) >= 11 is 5.98. The molecule has 0 spiro atoms. The normalized spacial score (nSPS) is 12.7. The molecule has 2 atom stereocenters. The average Bonchev–Trinajstić information content (AvgIpc) is 2.94. The number of sulfonamides is 1. The van der Waals surface area contributed by atoms with Crippen molar-refractivity contribution >= 4 is 39.1 Å². The lowest BCUT2D eigenvalue weighted by molar-refractivity contribution is -0.139. The monoisotopic (exact) mass is 571 g/mol. The molecule has 0 saturated heterocycles. The summed E-state index contributed by atoms with van der Waals surface area (Å²) in [5.74, 6) is -0.258. The highest BCUT2D eigenvalue weighted by atomic mass is 35.5. The van der Waals surface area contributed by atoms with Crippen LogP contribution in [0.15, 0.2) is 83.8 Å². The van der Waals surface area contributed by atoms with Gasteiger partial charge in [-0.05, 0) is 74.4 Å². The number of ether oxygens (including phenoxy) is 1. The van der Waals surface area contributed by atoms with Gasteiger partial charge in [-0.1, -0.05) is 48.9 Å². The molecule has 0 fully saturated rings. The number of methoxy groups -OCH3 is 1. The Labute approximate surface area is 235 Å². The molecule has 0 saturated carbocycles. The number of benzene rings is 3. The van der Waals surface area contributed by atoms with E-state index in [0.717, 1.165) is 16.3 Å². The molecule has 2 amide bonds. The molecule has 0 radical (unpaired) electrons. The molecule has 0 aliphatic heterocycles. The maximum absolute atomic E-state index is 13.9. The zero-order chi connectivity index (χ0) is 28.6. The van der Waals surface area contributed by atoms with E-state index in [-0.39, 0.29) is 23.4 Å². The zero-order valence-corrected chi connectivity index (χ0v) is 24.1. The Balaban J connectivity index is 2.00. The first-order valence-corrected chi connectivity index (χ1v) is 14.4. The predicted octanol–water partition coefficient (Wildman–Crippen LogP) is 4.88. The molecule has 0 aromatic heterocycles. The summed E-state index contributed by atoms with van der Waals surface area (Å²) in [5, 5.41) is 3.31. The Kier molecular flexibility index (Phi) is 10.4. The summed E-state index contributed by atoms with van der Waals surface area (Å²) in [6.07, 6.45) is 0.726. The van der Waals surface area contributed by atoms with E-state index in [1.54, 1.807) is 62.6 Å². The van der Waals surface area contributed by atoms with Crippen LogP contribution in [0.25, 0.3) is 0 Å². The third kappa shape index (κ3) is 7.74. The third-order valence-electron chi connectivity index (χ3n) is 6.38. The first kappa shape index (κ1) is 30.0. The molecule has 0 unspecified atom stereocenters. The summed E-state index contributed by atoms with van der Waals surface area (Å²) < 4.78 is 33.9. The van der Waals surface area contributed by atoms with Gasteiger partial charge in [-0.3, -0.25) is 13.9 Å². The second kappa shape index (κ2) is 13.5. The van der Waals surface area contributed by atoms with Gasteiger partial charge in [0.2, 0.25) is 11.8 Å². The van der Waals surface area contributed by atoms with E-state index < -0.39 is 28.5 Å². The first-order valence-electron chi connectivity index (χ1n) is 12.6. The Morgan fingerprint density at radius 2 is 1.64 bits per heavy atom. The van der Waals surface area contributed by atoms with Crippen molar-refractivity contribution in [1.29, 1.82) is 0 Å². The summed E-state index contributed by atoms with van der Waals surface area (Å²) in [6, 6.07) is 20.4. The lowest BCUT2D eigenvalue weighted by atomic mass is 10.1. The summed E-state index contributed by atoms with van der Waals surface area (Å²) in [6.45, 7) is 5.04. The van der Waals surface area contributed by atoms with Gasteiger partial charge in [-0.25, -0.2) is 8.42 Å². The van der Waals surface area contributed by atoms with Gasteiger partial charge >= 0.3 is 0 Å². The van der Waals surface area contributed by atoms with Crippen molar-refractivity contribution in [2.75, 3.05) is 18.0 Å². The molecule has 0 bridgehead atoms. The third-order valence-corrected chi connectivity index (χ3v) is 8.42. The van der Waals surface area contributed by atoms with Gasteiger partial charge in [-0.2, -0.15) is 0 Å². The molecular formula is C29H34ClN3O5S. The van der Waals surface area contributed by atoms with Crippen LogP contribution >= 0.6 is 11.6 Å². The highest BCUT2D eigenvalue weighted by molar-refractivity contribution is 7.92. The first-order chi connectivity index (χ1) is 18.6. The second-order valence-electron chi connectivity index (χ2n) is 9.17. The van der Waals surface area contributed by atoms with Crippen LogP contribution in [0.1, 0.15) is 32.8 Å². The number of para-hydroxylation sites is 1. The lowest BCUT2D eigenvalue weighted by Gasteiger charge is -2.32. The largest absolute Gasteiger partial charge is 0.497 e. The van der Waals surface area contributed by atoms with Gasteiger partial charge in [0.05, 0.1) is 17.7 Å². The minimum Gasteiger partial charge on any atom is -0.497 e.